The predicted octanol–water partition coefficient (Wildman–Crippen LogP) is 1.03. The highest BCUT2D eigenvalue weighted by Crippen LogP contribution is 2.17. The average molecular weight is 239 g/mol. The first-order valence-electron chi connectivity index (χ1n) is 6.40. The fourth-order valence-corrected chi connectivity index (χ4v) is 2.29. The fourth-order valence-electron chi connectivity index (χ4n) is 2.29. The highest BCUT2D eigenvalue weighted by molar-refractivity contribution is 4.76. The zero-order chi connectivity index (χ0) is 11.9. The van der Waals surface area contributed by atoms with Crippen molar-refractivity contribution in [3.05, 3.63) is 5.82 Å². The number of tetrazole rings is 1. The minimum absolute atomic E-state index is 0.380. The average Bonchev–Trinajstić information content (AvgIpc) is 2.83. The third-order valence-corrected chi connectivity index (χ3v) is 3.11. The standard InChI is InChI=1S/C11H21N5O/c1-9(12-10-5-3-2-4-6-10)7-17-8-11-13-15-16-14-11/h9-10,12H,2-8H2,1H3,(H,13,14,15,16)/t9-/m1/s1. The first-order valence-corrected chi connectivity index (χ1v) is 6.40. The van der Waals surface area contributed by atoms with Crippen molar-refractivity contribution in [2.75, 3.05) is 6.61 Å². The maximum absolute atomic E-state index is 5.53. The van der Waals surface area contributed by atoms with Crippen LogP contribution >= 0.6 is 0 Å². The monoisotopic (exact) mass is 239 g/mol. The van der Waals surface area contributed by atoms with Gasteiger partial charge in [0, 0.05) is 12.1 Å². The SMILES string of the molecule is C[C@H](COCc1nn[nH]n1)NC1CCCCC1. The molecular formula is C11H21N5O. The van der Waals surface area contributed by atoms with Crippen molar-refractivity contribution in [2.45, 2.75) is 57.7 Å². The van der Waals surface area contributed by atoms with Gasteiger partial charge in [0.25, 0.3) is 0 Å². The molecule has 6 heteroatoms. The molecule has 0 bridgehead atoms. The maximum atomic E-state index is 5.53. The third kappa shape index (κ3) is 4.40. The molecule has 0 saturated heterocycles. The predicted molar refractivity (Wildman–Crippen MR) is 63.3 cm³/mol. The normalized spacial score (nSPS) is 19.4. The third-order valence-electron chi connectivity index (χ3n) is 3.11. The Balaban J connectivity index is 1.58. The van der Waals surface area contributed by atoms with Crippen LogP contribution in [-0.2, 0) is 11.3 Å². The summed E-state index contributed by atoms with van der Waals surface area (Å²) in [6.45, 7) is 3.27. The van der Waals surface area contributed by atoms with Crippen LogP contribution in [0, 0.1) is 0 Å². The Bertz CT molecular complexity index is 297. The Morgan fingerprint density at radius 3 is 2.94 bits per heavy atom. The van der Waals surface area contributed by atoms with Gasteiger partial charge in [-0.15, -0.1) is 10.2 Å². The lowest BCUT2D eigenvalue weighted by Gasteiger charge is -2.26. The molecule has 0 unspecified atom stereocenters. The Kier molecular flexibility index (Phi) is 4.88. The number of hydrogen-bond acceptors (Lipinski definition) is 5. The van der Waals surface area contributed by atoms with Gasteiger partial charge in [-0.05, 0) is 19.8 Å². The summed E-state index contributed by atoms with van der Waals surface area (Å²) in [6, 6.07) is 1.05. The van der Waals surface area contributed by atoms with Crippen LogP contribution in [0.1, 0.15) is 44.9 Å². The van der Waals surface area contributed by atoms with E-state index in [2.05, 4.69) is 32.9 Å². The molecule has 17 heavy (non-hydrogen) atoms. The number of ether oxygens (including phenoxy) is 1. The summed E-state index contributed by atoms with van der Waals surface area (Å²) >= 11 is 0. The van der Waals surface area contributed by atoms with Crippen LogP contribution in [-0.4, -0.2) is 39.3 Å². The topological polar surface area (TPSA) is 75.7 Å². The second kappa shape index (κ2) is 6.66. The molecule has 1 saturated carbocycles. The summed E-state index contributed by atoms with van der Waals surface area (Å²) in [7, 11) is 0. The number of rotatable bonds is 6. The van der Waals surface area contributed by atoms with Crippen LogP contribution in [0.25, 0.3) is 0 Å². The van der Waals surface area contributed by atoms with Crippen LogP contribution in [0.4, 0.5) is 0 Å². The molecule has 1 aromatic heterocycles. The molecule has 0 amide bonds. The number of nitrogens with one attached hydrogen (secondary N) is 2. The Labute approximate surface area is 102 Å². The first-order chi connectivity index (χ1) is 8.34. The molecule has 2 N–H and O–H groups in total. The van der Waals surface area contributed by atoms with Crippen molar-refractivity contribution >= 4 is 0 Å². The lowest BCUT2D eigenvalue weighted by molar-refractivity contribution is 0.0929. The van der Waals surface area contributed by atoms with Gasteiger partial charge in [0.2, 0.25) is 0 Å². The summed E-state index contributed by atoms with van der Waals surface area (Å²) in [5, 5.41) is 17.2. The molecule has 0 aliphatic heterocycles. The molecule has 1 fully saturated rings. The van der Waals surface area contributed by atoms with Gasteiger partial charge in [0.15, 0.2) is 5.82 Å². The highest BCUT2D eigenvalue weighted by Gasteiger charge is 2.15. The number of H-pyrrole nitrogens is 1. The van der Waals surface area contributed by atoms with E-state index < -0.39 is 0 Å². The molecule has 0 spiro atoms. The lowest BCUT2D eigenvalue weighted by atomic mass is 9.95. The number of nitrogens with zero attached hydrogens (tertiary/aromatic N) is 3. The van der Waals surface area contributed by atoms with Crippen LogP contribution in [0.3, 0.4) is 0 Å². The zero-order valence-corrected chi connectivity index (χ0v) is 10.4. The van der Waals surface area contributed by atoms with Crippen LogP contribution < -0.4 is 5.32 Å². The quantitative estimate of drug-likeness (QED) is 0.775. The molecule has 0 aromatic carbocycles. The smallest absolute Gasteiger partial charge is 0.200 e. The van der Waals surface area contributed by atoms with Gasteiger partial charge in [0.05, 0.1) is 6.61 Å². The number of aromatic nitrogens is 4. The van der Waals surface area contributed by atoms with Gasteiger partial charge in [0.1, 0.15) is 6.61 Å². The molecule has 2 rings (SSSR count). The van der Waals surface area contributed by atoms with E-state index in [1.165, 1.54) is 32.1 Å². The molecule has 1 aromatic rings. The van der Waals surface area contributed by atoms with E-state index >= 15 is 0 Å². The summed E-state index contributed by atoms with van der Waals surface area (Å²) in [4.78, 5) is 0. The molecule has 1 aliphatic carbocycles. The van der Waals surface area contributed by atoms with Gasteiger partial charge >= 0.3 is 0 Å². The zero-order valence-electron chi connectivity index (χ0n) is 10.4. The van der Waals surface area contributed by atoms with E-state index in [9.17, 15) is 0 Å². The van der Waals surface area contributed by atoms with Crippen molar-refractivity contribution in [1.29, 1.82) is 0 Å². The van der Waals surface area contributed by atoms with E-state index in [1.54, 1.807) is 0 Å². The molecule has 1 heterocycles. The molecule has 1 atom stereocenters. The molecular weight excluding hydrogens is 218 g/mol. The Hall–Kier alpha value is -1.01. The van der Waals surface area contributed by atoms with Crippen molar-refractivity contribution in [2.24, 2.45) is 0 Å². The highest BCUT2D eigenvalue weighted by atomic mass is 16.5. The van der Waals surface area contributed by atoms with Crippen LogP contribution in [0.5, 0.6) is 0 Å². The Morgan fingerprint density at radius 1 is 1.41 bits per heavy atom. The summed E-state index contributed by atoms with van der Waals surface area (Å²) in [5.41, 5.74) is 0. The van der Waals surface area contributed by atoms with E-state index in [-0.39, 0.29) is 0 Å². The summed E-state index contributed by atoms with van der Waals surface area (Å²) in [5.74, 6) is 0.606. The van der Waals surface area contributed by atoms with Crippen molar-refractivity contribution in [1.82, 2.24) is 25.9 Å². The summed E-state index contributed by atoms with van der Waals surface area (Å²) in [6.07, 6.45) is 6.70. The first kappa shape index (κ1) is 12.4. The second-order valence-electron chi connectivity index (χ2n) is 4.75. The van der Waals surface area contributed by atoms with Gasteiger partial charge in [-0.1, -0.05) is 24.5 Å². The fraction of sp³-hybridized carbons (Fsp3) is 0.909. The molecule has 1 aliphatic rings. The van der Waals surface area contributed by atoms with E-state index in [0.717, 1.165) is 0 Å². The lowest BCUT2D eigenvalue weighted by Crippen LogP contribution is -2.40. The summed E-state index contributed by atoms with van der Waals surface area (Å²) < 4.78 is 5.53. The Morgan fingerprint density at radius 2 is 2.24 bits per heavy atom. The van der Waals surface area contributed by atoms with E-state index in [0.29, 0.717) is 31.1 Å². The van der Waals surface area contributed by atoms with Crippen LogP contribution in [0.2, 0.25) is 0 Å². The second-order valence-corrected chi connectivity index (χ2v) is 4.75. The maximum Gasteiger partial charge on any atom is 0.200 e. The molecule has 6 nitrogen and oxygen atoms in total. The van der Waals surface area contributed by atoms with Gasteiger partial charge < -0.3 is 10.1 Å². The largest absolute Gasteiger partial charge is 0.372 e. The van der Waals surface area contributed by atoms with E-state index in [4.69, 9.17) is 4.74 Å². The van der Waals surface area contributed by atoms with Gasteiger partial charge in [-0.2, -0.15) is 5.21 Å². The number of hydrogen-bond donors (Lipinski definition) is 2. The molecule has 0 radical (unpaired) electrons. The van der Waals surface area contributed by atoms with Crippen molar-refractivity contribution in [3.8, 4) is 0 Å². The van der Waals surface area contributed by atoms with Gasteiger partial charge in [-0.25, -0.2) is 0 Å². The van der Waals surface area contributed by atoms with E-state index in [1.807, 2.05) is 0 Å². The molecule has 96 valence electrons. The van der Waals surface area contributed by atoms with Crippen molar-refractivity contribution < 1.29 is 4.74 Å². The number of aromatic amines is 1. The van der Waals surface area contributed by atoms with Crippen molar-refractivity contribution in [3.63, 3.8) is 0 Å². The minimum atomic E-state index is 0.380. The van der Waals surface area contributed by atoms with Crippen LogP contribution in [0.15, 0.2) is 0 Å². The van der Waals surface area contributed by atoms with Gasteiger partial charge in [-0.3, -0.25) is 0 Å². The minimum Gasteiger partial charge on any atom is -0.372 e.